The van der Waals surface area contributed by atoms with Gasteiger partial charge >= 0.3 is 0 Å². The smallest absolute Gasteiger partial charge is 0.125 e. The maximum absolute atomic E-state index is 6.56. The lowest BCUT2D eigenvalue weighted by atomic mass is 9.79. The van der Waals surface area contributed by atoms with Gasteiger partial charge in [0.2, 0.25) is 0 Å². The molecule has 0 aromatic heterocycles. The molecule has 1 aliphatic rings. The van der Waals surface area contributed by atoms with Crippen molar-refractivity contribution in [2.45, 2.75) is 125 Å². The van der Waals surface area contributed by atoms with E-state index in [9.17, 15) is 0 Å². The van der Waals surface area contributed by atoms with Gasteiger partial charge in [0.15, 0.2) is 0 Å². The average Bonchev–Trinajstić information content (AvgIpc) is 3.02. The van der Waals surface area contributed by atoms with Crippen LogP contribution in [-0.4, -0.2) is 6.61 Å². The van der Waals surface area contributed by atoms with E-state index in [2.05, 4.69) is 96.1 Å². The summed E-state index contributed by atoms with van der Waals surface area (Å²) in [6, 6.07) is 21.4. The van der Waals surface area contributed by atoms with Gasteiger partial charge < -0.3 is 4.74 Å². The van der Waals surface area contributed by atoms with Crippen molar-refractivity contribution < 1.29 is 4.74 Å². The van der Waals surface area contributed by atoms with Gasteiger partial charge in [-0.3, -0.25) is 0 Å². The maximum atomic E-state index is 6.56. The Balaban J connectivity index is 1.44. The van der Waals surface area contributed by atoms with Crippen molar-refractivity contribution in [1.82, 2.24) is 0 Å². The minimum atomic E-state index is 0.763. The molecule has 1 nitrogen and oxygen atoms in total. The molecular weight excluding hydrogens is 496 g/mol. The van der Waals surface area contributed by atoms with Crippen molar-refractivity contribution in [3.8, 4) is 16.9 Å². The van der Waals surface area contributed by atoms with Crippen LogP contribution in [0.25, 0.3) is 11.1 Å². The van der Waals surface area contributed by atoms with Crippen LogP contribution >= 0.6 is 0 Å². The van der Waals surface area contributed by atoms with Gasteiger partial charge in [-0.25, -0.2) is 0 Å². The molecule has 1 aliphatic carbocycles. The fourth-order valence-electron chi connectivity index (χ4n) is 7.01. The molecule has 3 aromatic rings. The van der Waals surface area contributed by atoms with Crippen LogP contribution in [0.1, 0.15) is 126 Å². The van der Waals surface area contributed by atoms with Gasteiger partial charge in [-0.15, -0.1) is 0 Å². The first kappa shape index (κ1) is 31.4. The van der Waals surface area contributed by atoms with Crippen molar-refractivity contribution in [2.75, 3.05) is 6.61 Å². The Hall–Kier alpha value is -2.54. The van der Waals surface area contributed by atoms with E-state index in [-0.39, 0.29) is 0 Å². The number of hydrogen-bond acceptors (Lipinski definition) is 1. The summed E-state index contributed by atoms with van der Waals surface area (Å²) in [7, 11) is 0. The molecule has 0 spiro atoms. The molecule has 1 saturated carbocycles. The van der Waals surface area contributed by atoms with E-state index in [1.807, 2.05) is 0 Å². The topological polar surface area (TPSA) is 9.23 Å². The van der Waals surface area contributed by atoms with Crippen LogP contribution in [0.3, 0.4) is 0 Å². The van der Waals surface area contributed by atoms with Crippen LogP contribution in [0, 0.1) is 11.8 Å². The number of benzene rings is 3. The fraction of sp³-hybridized carbons (Fsp3) is 0.550. The van der Waals surface area contributed by atoms with E-state index in [0.717, 1.165) is 62.9 Å². The second-order valence-corrected chi connectivity index (χ2v) is 12.6. The maximum Gasteiger partial charge on any atom is 0.125 e. The third-order valence-corrected chi connectivity index (χ3v) is 10.0. The van der Waals surface area contributed by atoms with Crippen LogP contribution in [0.15, 0.2) is 54.6 Å². The van der Waals surface area contributed by atoms with Crippen LogP contribution in [-0.2, 0) is 32.1 Å². The lowest BCUT2D eigenvalue weighted by molar-refractivity contribution is 0.267. The van der Waals surface area contributed by atoms with Crippen LogP contribution in [0.5, 0.6) is 5.75 Å². The van der Waals surface area contributed by atoms with Crippen molar-refractivity contribution in [1.29, 1.82) is 0 Å². The van der Waals surface area contributed by atoms with E-state index in [1.165, 1.54) is 83.2 Å². The van der Waals surface area contributed by atoms with Gasteiger partial charge in [0.25, 0.3) is 0 Å². The van der Waals surface area contributed by atoms with Gasteiger partial charge in [-0.1, -0.05) is 116 Å². The molecule has 0 atom stereocenters. The number of aryl methyl sites for hydroxylation is 3. The Morgan fingerprint density at radius 1 is 0.707 bits per heavy atom. The lowest BCUT2D eigenvalue weighted by Gasteiger charge is -2.26. The molecular formula is C40H56O. The summed E-state index contributed by atoms with van der Waals surface area (Å²) in [4.78, 5) is 0. The molecule has 222 valence electrons. The third-order valence-electron chi connectivity index (χ3n) is 10.0. The SMILES string of the molecule is CCc1cc(-c2ccc(CCc3ccc(C4CCC(C)CC4)cc3)cc2)c(CC)c(CC)c1OCCC(CC)CC. The molecule has 0 N–H and O–H groups in total. The Morgan fingerprint density at radius 3 is 1.83 bits per heavy atom. The summed E-state index contributed by atoms with van der Waals surface area (Å²) in [5.41, 5.74) is 11.4. The second kappa shape index (κ2) is 15.6. The summed E-state index contributed by atoms with van der Waals surface area (Å²) in [5.74, 6) is 3.62. The van der Waals surface area contributed by atoms with E-state index in [0.29, 0.717) is 0 Å². The predicted molar refractivity (Wildman–Crippen MR) is 178 cm³/mol. The minimum Gasteiger partial charge on any atom is -0.493 e. The molecule has 0 saturated heterocycles. The molecule has 41 heavy (non-hydrogen) atoms. The van der Waals surface area contributed by atoms with E-state index >= 15 is 0 Å². The molecule has 0 bridgehead atoms. The van der Waals surface area contributed by atoms with Crippen molar-refractivity contribution in [2.24, 2.45) is 11.8 Å². The monoisotopic (exact) mass is 552 g/mol. The third kappa shape index (κ3) is 8.06. The molecule has 0 amide bonds. The van der Waals surface area contributed by atoms with E-state index in [4.69, 9.17) is 4.74 Å². The number of rotatable bonds is 14. The van der Waals surface area contributed by atoms with Gasteiger partial charge in [0.05, 0.1) is 6.61 Å². The van der Waals surface area contributed by atoms with Gasteiger partial charge in [-0.2, -0.15) is 0 Å². The second-order valence-electron chi connectivity index (χ2n) is 12.6. The predicted octanol–water partition coefficient (Wildman–Crippen LogP) is 11.3. The average molecular weight is 553 g/mol. The zero-order chi connectivity index (χ0) is 29.2. The van der Waals surface area contributed by atoms with Crippen LogP contribution in [0.4, 0.5) is 0 Å². The first-order valence-electron chi connectivity index (χ1n) is 17.0. The standard InChI is InChI=1S/C40H56O/c1-7-30(8-2)26-27-41-40-33(9-3)28-39(37(10-4)38(40)11-5)36-24-18-32(19-25-36)15-14-31-16-22-35(23-17-31)34-20-12-29(6)13-21-34/h16-19,22-25,28-30,34H,7-15,20-21,26-27H2,1-6H3. The van der Waals surface area contributed by atoms with E-state index < -0.39 is 0 Å². The van der Waals surface area contributed by atoms with Crippen LogP contribution in [0.2, 0.25) is 0 Å². The molecule has 1 fully saturated rings. The Bertz CT molecular complexity index is 1190. The molecule has 1 heteroatoms. The summed E-state index contributed by atoms with van der Waals surface area (Å²) >= 11 is 0. The lowest BCUT2D eigenvalue weighted by Crippen LogP contribution is -2.10. The Labute approximate surface area is 252 Å². The first-order chi connectivity index (χ1) is 20.0. The van der Waals surface area contributed by atoms with Gasteiger partial charge in [0, 0.05) is 0 Å². The van der Waals surface area contributed by atoms with Crippen molar-refractivity contribution in [3.63, 3.8) is 0 Å². The highest BCUT2D eigenvalue weighted by Gasteiger charge is 2.20. The quantitative estimate of drug-likeness (QED) is 0.193. The highest BCUT2D eigenvalue weighted by atomic mass is 16.5. The molecule has 0 aliphatic heterocycles. The van der Waals surface area contributed by atoms with Gasteiger partial charge in [0.1, 0.15) is 5.75 Å². The molecule has 0 unspecified atom stereocenters. The number of hydrogen-bond donors (Lipinski definition) is 0. The Kier molecular flexibility index (Phi) is 12.0. The zero-order valence-electron chi connectivity index (χ0n) is 27.0. The number of ether oxygens (including phenoxy) is 1. The summed E-state index contributed by atoms with van der Waals surface area (Å²) < 4.78 is 6.56. The largest absolute Gasteiger partial charge is 0.493 e. The Morgan fingerprint density at radius 2 is 1.29 bits per heavy atom. The molecule has 4 rings (SSSR count). The van der Waals surface area contributed by atoms with Gasteiger partial charge in [-0.05, 0) is 120 Å². The summed E-state index contributed by atoms with van der Waals surface area (Å²) in [5, 5.41) is 0. The zero-order valence-corrected chi connectivity index (χ0v) is 27.0. The minimum absolute atomic E-state index is 0.763. The highest BCUT2D eigenvalue weighted by Crippen LogP contribution is 2.38. The van der Waals surface area contributed by atoms with Crippen molar-refractivity contribution >= 4 is 0 Å². The highest BCUT2D eigenvalue weighted by molar-refractivity contribution is 5.72. The summed E-state index contributed by atoms with van der Waals surface area (Å²) in [6.07, 6.45) is 14.4. The fourth-order valence-corrected chi connectivity index (χ4v) is 7.01. The molecule has 3 aromatic carbocycles. The van der Waals surface area contributed by atoms with E-state index in [1.54, 1.807) is 5.56 Å². The summed E-state index contributed by atoms with van der Waals surface area (Å²) in [6.45, 7) is 14.7. The molecule has 0 heterocycles. The first-order valence-corrected chi connectivity index (χ1v) is 17.0. The molecule has 0 radical (unpaired) electrons. The normalized spacial score (nSPS) is 17.2. The van der Waals surface area contributed by atoms with Crippen molar-refractivity contribution in [3.05, 3.63) is 88.0 Å². The van der Waals surface area contributed by atoms with Crippen LogP contribution < -0.4 is 4.74 Å².